The molecule has 100 valence electrons. The molecule has 19 heavy (non-hydrogen) atoms. The first kappa shape index (κ1) is 13.1. The first-order valence-corrected chi connectivity index (χ1v) is 5.85. The number of hydrogen-bond acceptors (Lipinski definition) is 4. The summed E-state index contributed by atoms with van der Waals surface area (Å²) < 4.78 is 0. The zero-order chi connectivity index (χ0) is 14.0. The van der Waals surface area contributed by atoms with Gasteiger partial charge in [0.2, 0.25) is 5.91 Å². The van der Waals surface area contributed by atoms with Crippen molar-refractivity contribution in [2.24, 2.45) is 0 Å². The Labute approximate surface area is 110 Å². The van der Waals surface area contributed by atoms with E-state index in [-0.39, 0.29) is 11.5 Å². The van der Waals surface area contributed by atoms with Crippen LogP contribution in [0, 0.1) is 0 Å². The van der Waals surface area contributed by atoms with E-state index in [1.54, 1.807) is 24.1 Å². The van der Waals surface area contributed by atoms with E-state index in [9.17, 15) is 14.4 Å². The van der Waals surface area contributed by atoms with Crippen molar-refractivity contribution in [1.29, 1.82) is 0 Å². The Morgan fingerprint density at radius 1 is 1.16 bits per heavy atom. The van der Waals surface area contributed by atoms with Crippen molar-refractivity contribution in [3.8, 4) is 0 Å². The zero-order valence-electron chi connectivity index (χ0n) is 10.5. The SMILES string of the molecule is CN1CCN(c2ccc(C(=O)C(=O)O)cc2)CC1=O. The van der Waals surface area contributed by atoms with Crippen molar-refractivity contribution in [2.45, 2.75) is 0 Å². The highest BCUT2D eigenvalue weighted by atomic mass is 16.4. The van der Waals surface area contributed by atoms with Crippen LogP contribution in [0.1, 0.15) is 10.4 Å². The number of nitrogens with zero attached hydrogens (tertiary/aromatic N) is 2. The van der Waals surface area contributed by atoms with Crippen LogP contribution in [-0.2, 0) is 9.59 Å². The van der Waals surface area contributed by atoms with Crippen molar-refractivity contribution in [3.05, 3.63) is 29.8 Å². The third-order valence-electron chi connectivity index (χ3n) is 3.15. The maximum absolute atomic E-state index is 11.6. The molecule has 0 atom stereocenters. The number of carbonyl (C=O) groups excluding carboxylic acids is 2. The van der Waals surface area contributed by atoms with Gasteiger partial charge in [-0.2, -0.15) is 0 Å². The molecule has 0 saturated carbocycles. The topological polar surface area (TPSA) is 77.9 Å². The predicted octanol–water partition coefficient (Wildman–Crippen LogP) is 0.232. The van der Waals surface area contributed by atoms with E-state index < -0.39 is 11.8 Å². The average molecular weight is 262 g/mol. The Morgan fingerprint density at radius 2 is 1.79 bits per heavy atom. The molecular weight excluding hydrogens is 248 g/mol. The van der Waals surface area contributed by atoms with Crippen LogP contribution in [0.2, 0.25) is 0 Å². The summed E-state index contributed by atoms with van der Waals surface area (Å²) in [6.07, 6.45) is 0. The lowest BCUT2D eigenvalue weighted by atomic mass is 10.1. The number of Topliss-reactive ketones (excluding diaryl/α,β-unsaturated/α-hetero) is 1. The van der Waals surface area contributed by atoms with Gasteiger partial charge in [-0.05, 0) is 24.3 Å². The van der Waals surface area contributed by atoms with Gasteiger partial charge in [0.1, 0.15) is 0 Å². The Hall–Kier alpha value is -2.37. The first-order chi connectivity index (χ1) is 8.99. The largest absolute Gasteiger partial charge is 0.475 e. The van der Waals surface area contributed by atoms with Crippen LogP contribution in [0.25, 0.3) is 0 Å². The Morgan fingerprint density at radius 3 is 2.32 bits per heavy atom. The average Bonchev–Trinajstić information content (AvgIpc) is 2.41. The number of benzene rings is 1. The van der Waals surface area contributed by atoms with Crippen LogP contribution in [0.15, 0.2) is 24.3 Å². The fraction of sp³-hybridized carbons (Fsp3) is 0.308. The molecule has 1 fully saturated rings. The molecule has 0 aromatic heterocycles. The van der Waals surface area contributed by atoms with E-state index in [0.29, 0.717) is 19.6 Å². The van der Waals surface area contributed by atoms with Crippen LogP contribution >= 0.6 is 0 Å². The van der Waals surface area contributed by atoms with Gasteiger partial charge in [-0.3, -0.25) is 9.59 Å². The summed E-state index contributed by atoms with van der Waals surface area (Å²) in [4.78, 5) is 37.0. The molecule has 0 aliphatic carbocycles. The van der Waals surface area contributed by atoms with Gasteiger partial charge in [-0.25, -0.2) is 4.79 Å². The van der Waals surface area contributed by atoms with Crippen molar-refractivity contribution in [3.63, 3.8) is 0 Å². The Kier molecular flexibility index (Phi) is 3.50. The summed E-state index contributed by atoms with van der Waals surface area (Å²) in [7, 11) is 1.76. The summed E-state index contributed by atoms with van der Waals surface area (Å²) >= 11 is 0. The quantitative estimate of drug-likeness (QED) is 0.623. The molecule has 1 heterocycles. The van der Waals surface area contributed by atoms with Crippen molar-refractivity contribution in [1.82, 2.24) is 4.90 Å². The smallest absolute Gasteiger partial charge is 0.377 e. The summed E-state index contributed by atoms with van der Waals surface area (Å²) in [6, 6.07) is 6.26. The molecule has 6 heteroatoms. The Bertz CT molecular complexity index is 524. The normalized spacial score (nSPS) is 15.5. The molecule has 0 bridgehead atoms. The van der Waals surface area contributed by atoms with Gasteiger partial charge in [-0.1, -0.05) is 0 Å². The fourth-order valence-corrected chi connectivity index (χ4v) is 1.93. The molecule has 1 amide bonds. The van der Waals surface area contributed by atoms with E-state index in [1.165, 1.54) is 12.1 Å². The van der Waals surface area contributed by atoms with E-state index in [0.717, 1.165) is 5.69 Å². The third kappa shape index (κ3) is 2.73. The van der Waals surface area contributed by atoms with Gasteiger partial charge in [0, 0.05) is 31.4 Å². The highest BCUT2D eigenvalue weighted by Crippen LogP contribution is 2.17. The Balaban J connectivity index is 2.13. The number of piperazine rings is 1. The van der Waals surface area contributed by atoms with E-state index in [1.807, 2.05) is 4.90 Å². The maximum Gasteiger partial charge on any atom is 0.377 e. The number of carbonyl (C=O) groups is 3. The monoisotopic (exact) mass is 262 g/mol. The van der Waals surface area contributed by atoms with Gasteiger partial charge >= 0.3 is 5.97 Å². The molecule has 1 aliphatic heterocycles. The van der Waals surface area contributed by atoms with Gasteiger partial charge in [0.05, 0.1) is 6.54 Å². The van der Waals surface area contributed by atoms with E-state index in [2.05, 4.69) is 0 Å². The molecule has 0 spiro atoms. The number of aliphatic carboxylic acids is 1. The highest BCUT2D eigenvalue weighted by molar-refractivity contribution is 6.39. The molecule has 1 aliphatic rings. The van der Waals surface area contributed by atoms with Crippen LogP contribution in [0.4, 0.5) is 5.69 Å². The second-order valence-corrected chi connectivity index (χ2v) is 4.42. The van der Waals surface area contributed by atoms with E-state index >= 15 is 0 Å². The lowest BCUT2D eigenvalue weighted by molar-refractivity contribution is -0.132. The van der Waals surface area contributed by atoms with Crippen LogP contribution in [0.5, 0.6) is 0 Å². The van der Waals surface area contributed by atoms with Crippen LogP contribution in [-0.4, -0.2) is 54.3 Å². The van der Waals surface area contributed by atoms with Gasteiger partial charge in [0.25, 0.3) is 5.78 Å². The number of amides is 1. The van der Waals surface area contributed by atoms with E-state index in [4.69, 9.17) is 5.11 Å². The molecule has 1 N–H and O–H groups in total. The summed E-state index contributed by atoms with van der Waals surface area (Å²) in [5, 5.41) is 8.61. The lowest BCUT2D eigenvalue weighted by Gasteiger charge is -2.33. The molecule has 1 aromatic carbocycles. The number of carboxylic acids is 1. The maximum atomic E-state index is 11.6. The molecule has 2 rings (SSSR count). The number of rotatable bonds is 3. The van der Waals surface area contributed by atoms with Gasteiger partial charge in [0.15, 0.2) is 0 Å². The lowest BCUT2D eigenvalue weighted by Crippen LogP contribution is -2.48. The molecule has 1 aromatic rings. The van der Waals surface area contributed by atoms with Crippen LogP contribution in [0.3, 0.4) is 0 Å². The second kappa shape index (κ2) is 5.09. The summed E-state index contributed by atoms with van der Waals surface area (Å²) in [6.45, 7) is 1.66. The zero-order valence-corrected chi connectivity index (χ0v) is 10.5. The highest BCUT2D eigenvalue weighted by Gasteiger charge is 2.21. The van der Waals surface area contributed by atoms with Gasteiger partial charge < -0.3 is 14.9 Å². The number of hydrogen-bond donors (Lipinski definition) is 1. The molecule has 6 nitrogen and oxygen atoms in total. The molecule has 1 saturated heterocycles. The number of likely N-dealkylation sites (N-methyl/N-ethyl adjacent to an activating group) is 1. The fourth-order valence-electron chi connectivity index (χ4n) is 1.93. The van der Waals surface area contributed by atoms with Crippen molar-refractivity contribution < 1.29 is 19.5 Å². The van der Waals surface area contributed by atoms with Crippen LogP contribution < -0.4 is 4.90 Å². The van der Waals surface area contributed by atoms with Crippen molar-refractivity contribution >= 4 is 23.3 Å². The minimum atomic E-state index is -1.47. The standard InChI is InChI=1S/C13H14N2O4/c1-14-6-7-15(8-11(14)16)10-4-2-9(3-5-10)12(17)13(18)19/h2-5H,6-8H2,1H3,(H,18,19). The summed E-state index contributed by atoms with van der Waals surface area (Å²) in [5.41, 5.74) is 0.945. The molecule has 0 unspecified atom stereocenters. The summed E-state index contributed by atoms with van der Waals surface area (Å²) in [5.74, 6) is -2.36. The number of ketones is 1. The molecule has 0 radical (unpaired) electrons. The first-order valence-electron chi connectivity index (χ1n) is 5.85. The minimum Gasteiger partial charge on any atom is -0.475 e. The second-order valence-electron chi connectivity index (χ2n) is 4.42. The minimum absolute atomic E-state index is 0.0388. The molecular formula is C13H14N2O4. The van der Waals surface area contributed by atoms with Crippen molar-refractivity contribution in [2.75, 3.05) is 31.6 Å². The third-order valence-corrected chi connectivity index (χ3v) is 3.15. The van der Waals surface area contributed by atoms with Gasteiger partial charge in [-0.15, -0.1) is 0 Å². The predicted molar refractivity (Wildman–Crippen MR) is 68.3 cm³/mol. The number of anilines is 1. The number of carboxylic acid groups (broad SMARTS) is 1.